The summed E-state index contributed by atoms with van der Waals surface area (Å²) < 4.78 is 39.1. The predicted molar refractivity (Wildman–Crippen MR) is 210 cm³/mol. The summed E-state index contributed by atoms with van der Waals surface area (Å²) >= 11 is 9.25. The molecule has 1 saturated heterocycles. The highest BCUT2D eigenvalue weighted by Crippen LogP contribution is 2.30. The molecule has 1 aliphatic rings. The second-order valence-corrected chi connectivity index (χ2v) is 16.9. The quantitative estimate of drug-likeness (QED) is 0.0585. The van der Waals surface area contributed by atoms with Gasteiger partial charge in [-0.1, -0.05) is 0 Å². The van der Waals surface area contributed by atoms with Crippen molar-refractivity contribution < 1.29 is 28.4 Å². The lowest BCUT2D eigenvalue weighted by Crippen LogP contribution is -2.62. The van der Waals surface area contributed by atoms with E-state index >= 15 is 0 Å². The summed E-state index contributed by atoms with van der Waals surface area (Å²) in [5.74, 6) is 9.44. The summed E-state index contributed by atoms with van der Waals surface area (Å²) in [6, 6.07) is 0. The van der Waals surface area contributed by atoms with Crippen LogP contribution in [0.4, 0.5) is 0 Å². The first-order valence-corrected chi connectivity index (χ1v) is 23.1. The molecule has 0 amide bonds. The summed E-state index contributed by atoms with van der Waals surface area (Å²) in [6.07, 6.45) is 2.85. The summed E-state index contributed by atoms with van der Waals surface area (Å²) in [4.78, 5) is 0. The molecule has 5 atom stereocenters. The first-order valence-electron chi connectivity index (χ1n) is 17.3. The fourth-order valence-corrected chi connectivity index (χ4v) is 8.39. The minimum absolute atomic E-state index is 0.360. The van der Waals surface area contributed by atoms with Crippen molar-refractivity contribution in [2.24, 2.45) is 28.7 Å². The Morgan fingerprint density at radius 1 is 0.404 bits per heavy atom. The van der Waals surface area contributed by atoms with Gasteiger partial charge in [-0.2, -0.15) is 58.8 Å². The van der Waals surface area contributed by atoms with Gasteiger partial charge in [0.05, 0.1) is 39.6 Å². The van der Waals surface area contributed by atoms with Crippen molar-refractivity contribution >= 4 is 58.8 Å². The Bertz CT molecular complexity index is 662. The lowest BCUT2D eigenvalue weighted by Gasteiger charge is -2.46. The Morgan fingerprint density at radius 3 is 1.19 bits per heavy atom. The van der Waals surface area contributed by atoms with Crippen LogP contribution in [0.5, 0.6) is 0 Å². The van der Waals surface area contributed by atoms with Crippen molar-refractivity contribution in [1.82, 2.24) is 0 Å². The Balaban J connectivity index is 3.07. The zero-order valence-electron chi connectivity index (χ0n) is 28.6. The average Bonchev–Trinajstić information content (AvgIpc) is 3.08. The van der Waals surface area contributed by atoms with Crippen LogP contribution in [0.2, 0.25) is 0 Å². The maximum Gasteiger partial charge on any atom is 0.186 e. The van der Waals surface area contributed by atoms with E-state index in [-0.39, 0.29) is 18.3 Å². The summed E-state index contributed by atoms with van der Waals surface area (Å²) in [5.41, 5.74) is 28.4. The molecule has 16 heteroatoms. The van der Waals surface area contributed by atoms with Gasteiger partial charge in [-0.15, -0.1) is 0 Å². The number of ether oxygens (including phenoxy) is 6. The maximum atomic E-state index is 6.67. The van der Waals surface area contributed by atoms with Crippen molar-refractivity contribution in [1.29, 1.82) is 0 Å². The highest BCUT2D eigenvalue weighted by molar-refractivity contribution is 8.00. The third kappa shape index (κ3) is 25.0. The van der Waals surface area contributed by atoms with Gasteiger partial charge in [-0.05, 0) is 93.6 Å². The molecule has 11 nitrogen and oxygen atoms in total. The first-order chi connectivity index (χ1) is 23.2. The van der Waals surface area contributed by atoms with E-state index in [2.05, 4.69) is 0 Å². The third-order valence-electron chi connectivity index (χ3n) is 6.83. The third-order valence-corrected chi connectivity index (χ3v) is 12.0. The molecule has 1 heterocycles. The van der Waals surface area contributed by atoms with Crippen molar-refractivity contribution in [3.05, 3.63) is 0 Å². The van der Waals surface area contributed by atoms with Crippen LogP contribution < -0.4 is 28.7 Å². The molecule has 0 aliphatic carbocycles. The molecule has 0 aromatic carbocycles. The highest BCUT2D eigenvalue weighted by Gasteiger charge is 2.49. The molecule has 1 rings (SSSR count). The van der Waals surface area contributed by atoms with Crippen molar-refractivity contribution in [2.75, 3.05) is 130 Å². The Hall–Kier alpha value is 1.31. The number of nitrogens with two attached hydrogens (primary N) is 5. The second kappa shape index (κ2) is 35.7. The Morgan fingerprint density at radius 2 is 0.766 bits per heavy atom. The molecule has 1 fully saturated rings. The molecule has 0 bridgehead atoms. The zero-order chi connectivity index (χ0) is 34.0. The monoisotopic (exact) mass is 765 g/mol. The first kappa shape index (κ1) is 46.3. The fraction of sp³-hybridized carbons (Fsp3) is 1.00. The SMILES string of the molecule is NCCCSCCOC[C@H]1O[C@H](OCCSCCCN)[C@H](OCCSCCCN)[C@@H](OCCSCCCN)[C@@H]1OCCSCCCN. The van der Waals surface area contributed by atoms with Gasteiger partial charge in [-0.3, -0.25) is 0 Å². The van der Waals surface area contributed by atoms with Crippen LogP contribution in [0.3, 0.4) is 0 Å². The van der Waals surface area contributed by atoms with Crippen molar-refractivity contribution in [3.63, 3.8) is 0 Å². The number of hydrogen-bond donors (Lipinski definition) is 5. The van der Waals surface area contributed by atoms with E-state index in [0.29, 0.717) is 72.4 Å². The molecule has 0 aromatic heterocycles. The van der Waals surface area contributed by atoms with E-state index in [1.807, 2.05) is 58.8 Å². The van der Waals surface area contributed by atoms with Crippen LogP contribution in [0.15, 0.2) is 0 Å². The minimum atomic E-state index is -0.597. The number of hydrogen-bond acceptors (Lipinski definition) is 16. The molecule has 0 unspecified atom stereocenters. The van der Waals surface area contributed by atoms with E-state index in [4.69, 9.17) is 57.1 Å². The van der Waals surface area contributed by atoms with Gasteiger partial charge < -0.3 is 57.1 Å². The molecular weight excluding hydrogens is 699 g/mol. The van der Waals surface area contributed by atoms with E-state index in [0.717, 1.165) is 89.6 Å². The van der Waals surface area contributed by atoms with Crippen LogP contribution in [0.1, 0.15) is 32.1 Å². The van der Waals surface area contributed by atoms with Gasteiger partial charge in [0.15, 0.2) is 6.29 Å². The van der Waals surface area contributed by atoms with E-state index in [1.165, 1.54) is 0 Å². The van der Waals surface area contributed by atoms with Gasteiger partial charge in [0.1, 0.15) is 24.4 Å². The predicted octanol–water partition coefficient (Wildman–Crippen LogP) is 2.31. The summed E-state index contributed by atoms with van der Waals surface area (Å²) in [6.45, 7) is 6.77. The molecular formula is C31H67N5O6S5. The van der Waals surface area contributed by atoms with Crippen LogP contribution in [0, 0.1) is 0 Å². The number of thioether (sulfide) groups is 5. The van der Waals surface area contributed by atoms with E-state index in [1.54, 1.807) is 0 Å². The van der Waals surface area contributed by atoms with Crippen LogP contribution in [0.25, 0.3) is 0 Å². The molecule has 282 valence electrons. The normalized spacial score (nSPS) is 21.5. The Kier molecular flexibility index (Phi) is 35.2. The van der Waals surface area contributed by atoms with Crippen molar-refractivity contribution in [2.45, 2.75) is 62.8 Å². The lowest BCUT2D eigenvalue weighted by molar-refractivity contribution is -0.320. The van der Waals surface area contributed by atoms with Gasteiger partial charge in [-0.25, -0.2) is 0 Å². The average molecular weight is 766 g/mol. The largest absolute Gasteiger partial charge is 0.378 e. The minimum Gasteiger partial charge on any atom is -0.378 e. The van der Waals surface area contributed by atoms with Crippen LogP contribution >= 0.6 is 58.8 Å². The van der Waals surface area contributed by atoms with Crippen molar-refractivity contribution in [3.8, 4) is 0 Å². The topological polar surface area (TPSA) is 185 Å². The molecule has 47 heavy (non-hydrogen) atoms. The van der Waals surface area contributed by atoms with Crippen LogP contribution in [-0.2, 0) is 28.4 Å². The summed E-state index contributed by atoms with van der Waals surface area (Å²) in [5, 5.41) is 0. The van der Waals surface area contributed by atoms with Gasteiger partial charge in [0.2, 0.25) is 0 Å². The highest BCUT2D eigenvalue weighted by atomic mass is 32.2. The molecule has 1 aliphatic heterocycles. The summed E-state index contributed by atoms with van der Waals surface area (Å²) in [7, 11) is 0. The smallest absolute Gasteiger partial charge is 0.186 e. The molecule has 10 N–H and O–H groups in total. The van der Waals surface area contributed by atoms with Gasteiger partial charge in [0.25, 0.3) is 0 Å². The van der Waals surface area contributed by atoms with E-state index < -0.39 is 12.4 Å². The maximum absolute atomic E-state index is 6.67. The van der Waals surface area contributed by atoms with Gasteiger partial charge in [0, 0.05) is 28.8 Å². The zero-order valence-corrected chi connectivity index (χ0v) is 32.7. The fourth-order valence-electron chi connectivity index (χ4n) is 4.42. The standard InChI is InChI=1S/C31H67N5O6S5/c32-6-1-16-43-21-11-37-26-27-28(38-12-22-44-17-2-7-33)29(39-13-23-45-18-3-8-34)30(40-14-24-46-19-4-9-35)31(42-27)41-15-25-47-20-5-10-36/h27-31H,1-26,32-36H2/t27-,28-,29+,30-,31+/m1/s1. The lowest BCUT2D eigenvalue weighted by atomic mass is 9.98. The Labute approximate surface area is 307 Å². The molecule has 0 aromatic rings. The second-order valence-electron chi connectivity index (χ2n) is 10.8. The molecule has 0 radical (unpaired) electrons. The molecule has 0 spiro atoms. The molecule has 0 saturated carbocycles. The van der Waals surface area contributed by atoms with E-state index in [9.17, 15) is 0 Å². The van der Waals surface area contributed by atoms with Gasteiger partial charge >= 0.3 is 0 Å². The van der Waals surface area contributed by atoms with Crippen LogP contribution in [-0.4, -0.2) is 161 Å². The number of rotatable bonds is 36.